The number of rotatable bonds is 6. The summed E-state index contributed by atoms with van der Waals surface area (Å²) in [7, 11) is 1.93. The van der Waals surface area contributed by atoms with Crippen LogP contribution in [0.15, 0.2) is 67.0 Å². The van der Waals surface area contributed by atoms with E-state index in [0.717, 1.165) is 24.0 Å². The highest BCUT2D eigenvalue weighted by Gasteiger charge is 2.38. The monoisotopic (exact) mass is 441 g/mol. The number of aliphatic hydroxyl groups is 1. The van der Waals surface area contributed by atoms with E-state index in [2.05, 4.69) is 65.8 Å². The molecule has 0 saturated heterocycles. The maximum atomic E-state index is 11.5. The lowest BCUT2D eigenvalue weighted by Crippen LogP contribution is -2.34. The summed E-state index contributed by atoms with van der Waals surface area (Å²) >= 11 is 0. The normalized spacial score (nSPS) is 20.9. The van der Waals surface area contributed by atoms with Gasteiger partial charge in [0.15, 0.2) is 17.3 Å². The van der Waals surface area contributed by atoms with Gasteiger partial charge in [-0.05, 0) is 36.3 Å². The van der Waals surface area contributed by atoms with E-state index < -0.39 is 5.60 Å². The molecule has 33 heavy (non-hydrogen) atoms. The van der Waals surface area contributed by atoms with Crippen molar-refractivity contribution < 1.29 is 5.11 Å². The van der Waals surface area contributed by atoms with Crippen LogP contribution in [0.4, 0.5) is 5.82 Å². The van der Waals surface area contributed by atoms with Crippen molar-refractivity contribution in [3.8, 4) is 0 Å². The van der Waals surface area contributed by atoms with Gasteiger partial charge in [-0.15, -0.1) is 0 Å². The number of benzene rings is 2. The Hall–Kier alpha value is -3.25. The first-order valence-electron chi connectivity index (χ1n) is 11.8. The third-order valence-corrected chi connectivity index (χ3v) is 6.83. The second-order valence-electron chi connectivity index (χ2n) is 9.41. The molecule has 0 amide bonds. The molecule has 4 aromatic rings. The van der Waals surface area contributed by atoms with Gasteiger partial charge in [-0.2, -0.15) is 0 Å². The van der Waals surface area contributed by atoms with E-state index in [1.54, 1.807) is 6.33 Å². The zero-order valence-electron chi connectivity index (χ0n) is 19.3. The first kappa shape index (κ1) is 21.6. The zero-order valence-corrected chi connectivity index (χ0v) is 19.3. The molecule has 0 unspecified atom stereocenters. The van der Waals surface area contributed by atoms with Crippen molar-refractivity contribution in [3.05, 3.63) is 83.9 Å². The van der Waals surface area contributed by atoms with Crippen LogP contribution in [0.2, 0.25) is 0 Å². The number of nitrogens with zero attached hydrogens (tertiary/aromatic N) is 4. The van der Waals surface area contributed by atoms with Gasteiger partial charge in [0.05, 0.1) is 6.33 Å². The molecular formula is C27H31N5O. The largest absolute Gasteiger partial charge is 0.382 e. The van der Waals surface area contributed by atoms with Gasteiger partial charge in [0, 0.05) is 19.5 Å². The number of fused-ring (bicyclic) bond motifs is 1. The lowest BCUT2D eigenvalue weighted by atomic mass is 9.78. The highest BCUT2D eigenvalue weighted by molar-refractivity contribution is 5.83. The summed E-state index contributed by atoms with van der Waals surface area (Å²) in [5.41, 5.74) is 2.95. The van der Waals surface area contributed by atoms with Crippen LogP contribution in [-0.2, 0) is 12.6 Å². The molecule has 2 N–H and O–H groups in total. The molecule has 2 aromatic heterocycles. The number of nitrogens with one attached hydrogen (secondary N) is 1. The summed E-state index contributed by atoms with van der Waals surface area (Å²) in [6, 6.07) is 21.0. The predicted octanol–water partition coefficient (Wildman–Crippen LogP) is 5.01. The number of hydrogen-bond acceptors (Lipinski definition) is 5. The summed E-state index contributed by atoms with van der Waals surface area (Å²) in [5.74, 6) is 1.79. The molecule has 2 heterocycles. The van der Waals surface area contributed by atoms with Crippen molar-refractivity contribution in [2.75, 3.05) is 11.9 Å². The Labute approximate surface area is 194 Å². The lowest BCUT2D eigenvalue weighted by Gasteiger charge is -2.34. The molecule has 0 aliphatic heterocycles. The first-order chi connectivity index (χ1) is 16.0. The van der Waals surface area contributed by atoms with Crippen LogP contribution in [0.5, 0.6) is 0 Å². The van der Waals surface area contributed by atoms with Gasteiger partial charge in [-0.25, -0.2) is 15.0 Å². The summed E-state index contributed by atoms with van der Waals surface area (Å²) in [5, 5.41) is 15.0. The second-order valence-corrected chi connectivity index (χ2v) is 9.41. The fourth-order valence-corrected chi connectivity index (χ4v) is 5.06. The van der Waals surface area contributed by atoms with E-state index in [4.69, 9.17) is 9.97 Å². The molecule has 2 atom stereocenters. The van der Waals surface area contributed by atoms with Crippen molar-refractivity contribution in [2.45, 2.75) is 44.1 Å². The highest BCUT2D eigenvalue weighted by atomic mass is 16.3. The second kappa shape index (κ2) is 8.94. The van der Waals surface area contributed by atoms with E-state index >= 15 is 0 Å². The Morgan fingerprint density at radius 3 is 2.36 bits per heavy atom. The van der Waals surface area contributed by atoms with Crippen molar-refractivity contribution in [1.82, 2.24) is 19.5 Å². The van der Waals surface area contributed by atoms with Gasteiger partial charge in [-0.3, -0.25) is 0 Å². The van der Waals surface area contributed by atoms with Crippen LogP contribution in [0.25, 0.3) is 11.2 Å². The number of aromatic nitrogens is 4. The van der Waals surface area contributed by atoms with Gasteiger partial charge in [0.1, 0.15) is 11.1 Å². The minimum absolute atomic E-state index is 0.155. The standard InChI is InChI=1S/C27H31N5O/c1-19-10-9-15-27(33,16-19)26-30-24(23-25(31-26)32(2)18-29-23)28-17-22(20-11-5-3-6-12-20)21-13-7-4-8-14-21/h3-8,11-14,18-19,22,33H,9-10,15-17H2,1-2H3,(H,28,30,31)/t19-,27+/m1/s1. The fourth-order valence-electron chi connectivity index (χ4n) is 5.06. The molecule has 170 valence electrons. The molecular weight excluding hydrogens is 410 g/mol. The van der Waals surface area contributed by atoms with Crippen LogP contribution in [0.1, 0.15) is 55.5 Å². The highest BCUT2D eigenvalue weighted by Crippen LogP contribution is 2.39. The van der Waals surface area contributed by atoms with E-state index in [0.29, 0.717) is 36.9 Å². The maximum Gasteiger partial charge on any atom is 0.165 e. The van der Waals surface area contributed by atoms with E-state index in [9.17, 15) is 5.11 Å². The quantitative estimate of drug-likeness (QED) is 0.440. The number of hydrogen-bond donors (Lipinski definition) is 2. The van der Waals surface area contributed by atoms with E-state index in [-0.39, 0.29) is 5.92 Å². The van der Waals surface area contributed by atoms with Gasteiger partial charge >= 0.3 is 0 Å². The Morgan fingerprint density at radius 1 is 1.06 bits per heavy atom. The van der Waals surface area contributed by atoms with Crippen LogP contribution in [-0.4, -0.2) is 31.2 Å². The smallest absolute Gasteiger partial charge is 0.165 e. The van der Waals surface area contributed by atoms with Crippen LogP contribution < -0.4 is 5.32 Å². The molecule has 5 rings (SSSR count). The zero-order chi connectivity index (χ0) is 22.8. The Kier molecular flexibility index (Phi) is 5.85. The van der Waals surface area contributed by atoms with Crippen LogP contribution in [0.3, 0.4) is 0 Å². The van der Waals surface area contributed by atoms with Crippen LogP contribution in [0, 0.1) is 5.92 Å². The molecule has 2 aromatic carbocycles. The van der Waals surface area contributed by atoms with Gasteiger partial charge in [-0.1, -0.05) is 74.0 Å². The molecule has 1 fully saturated rings. The Morgan fingerprint density at radius 2 is 1.73 bits per heavy atom. The summed E-state index contributed by atoms with van der Waals surface area (Å²) in [6.45, 7) is 2.85. The SMILES string of the molecule is C[C@@H]1CCC[C@@](O)(c2nc(NCC(c3ccccc3)c3ccccc3)c3ncn(C)c3n2)C1. The molecule has 0 radical (unpaired) electrons. The number of aryl methyl sites for hydroxylation is 1. The van der Waals surface area contributed by atoms with Crippen molar-refractivity contribution in [3.63, 3.8) is 0 Å². The molecule has 0 spiro atoms. The van der Waals surface area contributed by atoms with Gasteiger partial charge < -0.3 is 15.0 Å². The third-order valence-electron chi connectivity index (χ3n) is 6.83. The first-order valence-corrected chi connectivity index (χ1v) is 11.8. The third kappa shape index (κ3) is 4.35. The summed E-state index contributed by atoms with van der Waals surface area (Å²) in [4.78, 5) is 14.2. The van der Waals surface area contributed by atoms with Crippen LogP contribution >= 0.6 is 0 Å². The summed E-state index contributed by atoms with van der Waals surface area (Å²) in [6.07, 6.45) is 5.26. The number of imidazole rings is 1. The Balaban J connectivity index is 1.51. The van der Waals surface area contributed by atoms with Gasteiger partial charge in [0.25, 0.3) is 0 Å². The Bertz CT molecular complexity index is 1180. The maximum absolute atomic E-state index is 11.5. The molecule has 0 bridgehead atoms. The molecule has 6 nitrogen and oxygen atoms in total. The average Bonchev–Trinajstić information content (AvgIpc) is 3.21. The molecule has 1 aliphatic carbocycles. The van der Waals surface area contributed by atoms with Crippen molar-refractivity contribution in [2.24, 2.45) is 13.0 Å². The minimum atomic E-state index is -0.995. The van der Waals surface area contributed by atoms with Crippen molar-refractivity contribution >= 4 is 17.0 Å². The summed E-state index contributed by atoms with van der Waals surface area (Å²) < 4.78 is 1.90. The average molecular weight is 442 g/mol. The van der Waals surface area contributed by atoms with E-state index in [1.165, 1.54) is 11.1 Å². The molecule has 6 heteroatoms. The van der Waals surface area contributed by atoms with Crippen molar-refractivity contribution in [1.29, 1.82) is 0 Å². The minimum Gasteiger partial charge on any atom is -0.382 e. The fraction of sp³-hybridized carbons (Fsp3) is 0.370. The van der Waals surface area contributed by atoms with Gasteiger partial charge in [0.2, 0.25) is 0 Å². The van der Waals surface area contributed by atoms with E-state index in [1.807, 2.05) is 23.7 Å². The topological polar surface area (TPSA) is 75.9 Å². The number of anilines is 1. The lowest BCUT2D eigenvalue weighted by molar-refractivity contribution is -0.0253. The predicted molar refractivity (Wildman–Crippen MR) is 131 cm³/mol. The molecule has 1 aliphatic rings. The molecule has 1 saturated carbocycles.